The van der Waals surface area contributed by atoms with E-state index in [-0.39, 0.29) is 11.5 Å². The van der Waals surface area contributed by atoms with E-state index in [2.05, 4.69) is 9.98 Å². The molecule has 4 nitrogen and oxygen atoms in total. The predicted molar refractivity (Wildman–Crippen MR) is 76.6 cm³/mol. The number of nitrogens with zero attached hydrogens (tertiary/aromatic N) is 2. The Morgan fingerprint density at radius 3 is 2.58 bits per heavy atom. The van der Waals surface area contributed by atoms with Gasteiger partial charge in [-0.3, -0.25) is 0 Å². The third kappa shape index (κ3) is 2.28. The van der Waals surface area contributed by atoms with Gasteiger partial charge in [-0.15, -0.1) is 0 Å². The van der Waals surface area contributed by atoms with Crippen LogP contribution >= 0.6 is 11.3 Å². The van der Waals surface area contributed by atoms with E-state index in [0.717, 1.165) is 4.70 Å². The van der Waals surface area contributed by atoms with E-state index in [1.165, 1.54) is 11.3 Å². The van der Waals surface area contributed by atoms with Crippen molar-refractivity contribution in [3.05, 3.63) is 48.0 Å². The summed E-state index contributed by atoms with van der Waals surface area (Å²) in [6.45, 7) is 0. The fraction of sp³-hybridized carbons (Fsp3) is 0. The Morgan fingerprint density at radius 1 is 1.00 bits per heavy atom. The van der Waals surface area contributed by atoms with Crippen molar-refractivity contribution in [3.63, 3.8) is 0 Å². The van der Waals surface area contributed by atoms with E-state index in [4.69, 9.17) is 0 Å². The van der Waals surface area contributed by atoms with E-state index in [1.54, 1.807) is 36.5 Å². The van der Waals surface area contributed by atoms with Crippen LogP contribution in [-0.4, -0.2) is 21.4 Å². The molecule has 3 rings (SSSR count). The number of para-hydroxylation sites is 2. The van der Waals surface area contributed by atoms with Crippen molar-refractivity contribution >= 4 is 32.9 Å². The van der Waals surface area contributed by atoms with Crippen LogP contribution in [0.1, 0.15) is 5.56 Å². The number of hydrogen-bond donors (Lipinski definition) is 2. The molecule has 0 unspecified atom stereocenters. The van der Waals surface area contributed by atoms with Crippen LogP contribution in [0.4, 0.5) is 5.13 Å². The Bertz CT molecular complexity index is 765. The van der Waals surface area contributed by atoms with Gasteiger partial charge in [0.15, 0.2) is 0 Å². The van der Waals surface area contributed by atoms with E-state index >= 15 is 0 Å². The molecule has 0 atom stereocenters. The highest BCUT2D eigenvalue weighted by molar-refractivity contribution is 7.22. The molecule has 0 spiro atoms. The summed E-state index contributed by atoms with van der Waals surface area (Å²) in [4.78, 5) is 8.47. The summed E-state index contributed by atoms with van der Waals surface area (Å²) in [7, 11) is 0. The molecular formula is C14H10N2O2S. The van der Waals surface area contributed by atoms with Crippen molar-refractivity contribution in [2.75, 3.05) is 0 Å². The lowest BCUT2D eigenvalue weighted by Gasteiger charge is -1.95. The number of phenols is 2. The minimum atomic E-state index is 0.151. The molecule has 0 aliphatic rings. The van der Waals surface area contributed by atoms with Crippen LogP contribution in [0, 0.1) is 0 Å². The standard InChI is InChI=1S/C14H10N2O2S/c17-10-5-2-1-4-9(10)8-15-14-16-13-11(18)6-3-7-12(13)19-14/h1-8,17-18H/b15-8+. The van der Waals surface area contributed by atoms with E-state index in [1.807, 2.05) is 12.1 Å². The third-order valence-electron chi connectivity index (χ3n) is 2.64. The lowest BCUT2D eigenvalue weighted by molar-refractivity contribution is 0.474. The Morgan fingerprint density at radius 2 is 1.79 bits per heavy atom. The molecule has 0 amide bonds. The van der Waals surface area contributed by atoms with Gasteiger partial charge in [-0.05, 0) is 24.3 Å². The number of aliphatic imine (C=N–C) groups is 1. The first kappa shape index (κ1) is 11.7. The van der Waals surface area contributed by atoms with Gasteiger partial charge in [-0.1, -0.05) is 29.5 Å². The monoisotopic (exact) mass is 270 g/mol. The first-order valence-electron chi connectivity index (χ1n) is 5.64. The Hall–Kier alpha value is -2.40. The summed E-state index contributed by atoms with van der Waals surface area (Å²) in [5.74, 6) is 0.327. The lowest BCUT2D eigenvalue weighted by Crippen LogP contribution is -1.80. The first-order valence-corrected chi connectivity index (χ1v) is 6.46. The van der Waals surface area contributed by atoms with Gasteiger partial charge in [0.05, 0.1) is 4.70 Å². The zero-order chi connectivity index (χ0) is 13.2. The molecular weight excluding hydrogens is 260 g/mol. The van der Waals surface area contributed by atoms with Gasteiger partial charge in [0.2, 0.25) is 5.13 Å². The maximum absolute atomic E-state index is 9.67. The Kier molecular flexibility index (Phi) is 2.89. The number of hydrogen-bond acceptors (Lipinski definition) is 5. The van der Waals surface area contributed by atoms with Crippen molar-refractivity contribution in [2.24, 2.45) is 4.99 Å². The van der Waals surface area contributed by atoms with Crippen LogP contribution in [0.3, 0.4) is 0 Å². The van der Waals surface area contributed by atoms with E-state index in [9.17, 15) is 10.2 Å². The summed E-state index contributed by atoms with van der Waals surface area (Å²) < 4.78 is 0.879. The molecule has 0 aliphatic carbocycles. The van der Waals surface area contributed by atoms with Crippen LogP contribution in [0.2, 0.25) is 0 Å². The van der Waals surface area contributed by atoms with Gasteiger partial charge in [0.25, 0.3) is 0 Å². The fourth-order valence-corrected chi connectivity index (χ4v) is 2.53. The van der Waals surface area contributed by atoms with Gasteiger partial charge in [0.1, 0.15) is 17.0 Å². The van der Waals surface area contributed by atoms with Gasteiger partial charge in [-0.2, -0.15) is 0 Å². The van der Waals surface area contributed by atoms with Crippen molar-refractivity contribution in [3.8, 4) is 11.5 Å². The second-order valence-electron chi connectivity index (χ2n) is 3.94. The molecule has 0 saturated heterocycles. The highest BCUT2D eigenvalue weighted by Gasteiger charge is 2.06. The van der Waals surface area contributed by atoms with Gasteiger partial charge >= 0.3 is 0 Å². The quantitative estimate of drug-likeness (QED) is 0.701. The van der Waals surface area contributed by atoms with Crippen molar-refractivity contribution in [2.45, 2.75) is 0 Å². The molecule has 19 heavy (non-hydrogen) atoms. The maximum Gasteiger partial charge on any atom is 0.210 e. The van der Waals surface area contributed by atoms with Gasteiger partial charge in [-0.25, -0.2) is 9.98 Å². The molecule has 94 valence electrons. The van der Waals surface area contributed by atoms with Crippen LogP contribution in [0.15, 0.2) is 47.5 Å². The van der Waals surface area contributed by atoms with Crippen LogP contribution in [0.5, 0.6) is 11.5 Å². The average Bonchev–Trinajstić information content (AvgIpc) is 2.82. The van der Waals surface area contributed by atoms with E-state index in [0.29, 0.717) is 16.2 Å². The second kappa shape index (κ2) is 4.70. The summed E-state index contributed by atoms with van der Waals surface area (Å²) >= 11 is 1.39. The molecule has 3 aromatic rings. The second-order valence-corrected chi connectivity index (χ2v) is 4.95. The minimum absolute atomic E-state index is 0.151. The molecule has 0 saturated carbocycles. The zero-order valence-electron chi connectivity index (χ0n) is 9.82. The van der Waals surface area contributed by atoms with Crippen molar-refractivity contribution in [1.29, 1.82) is 0 Å². The summed E-state index contributed by atoms with van der Waals surface area (Å²) in [5.41, 5.74) is 1.18. The number of aromatic hydroxyl groups is 2. The predicted octanol–water partition coefficient (Wildman–Crippen LogP) is 3.46. The first-order chi connectivity index (χ1) is 9.24. The fourth-order valence-electron chi connectivity index (χ4n) is 1.70. The van der Waals surface area contributed by atoms with Gasteiger partial charge in [0, 0.05) is 11.8 Å². The van der Waals surface area contributed by atoms with Crippen LogP contribution in [-0.2, 0) is 0 Å². The number of phenolic OH excluding ortho intramolecular Hbond substituents is 2. The number of benzene rings is 2. The molecule has 5 heteroatoms. The number of rotatable bonds is 2. The van der Waals surface area contributed by atoms with Crippen molar-refractivity contribution < 1.29 is 10.2 Å². The summed E-state index contributed by atoms with van der Waals surface area (Å²) in [6.07, 6.45) is 1.56. The van der Waals surface area contributed by atoms with Crippen LogP contribution < -0.4 is 0 Å². The molecule has 1 aromatic heterocycles. The number of fused-ring (bicyclic) bond motifs is 1. The summed E-state index contributed by atoms with van der Waals surface area (Å²) in [5, 5.41) is 19.8. The highest BCUT2D eigenvalue weighted by atomic mass is 32.1. The minimum Gasteiger partial charge on any atom is -0.507 e. The van der Waals surface area contributed by atoms with Crippen LogP contribution in [0.25, 0.3) is 10.2 Å². The molecule has 0 radical (unpaired) electrons. The molecule has 0 aliphatic heterocycles. The number of thiazole rings is 1. The largest absolute Gasteiger partial charge is 0.507 e. The topological polar surface area (TPSA) is 65.7 Å². The molecule has 2 N–H and O–H groups in total. The van der Waals surface area contributed by atoms with E-state index < -0.39 is 0 Å². The Labute approximate surface area is 113 Å². The van der Waals surface area contributed by atoms with Gasteiger partial charge < -0.3 is 10.2 Å². The Balaban J connectivity index is 1.98. The smallest absolute Gasteiger partial charge is 0.210 e. The maximum atomic E-state index is 9.67. The zero-order valence-corrected chi connectivity index (χ0v) is 10.6. The summed E-state index contributed by atoms with van der Waals surface area (Å²) in [6, 6.07) is 12.2. The molecule has 2 aromatic carbocycles. The SMILES string of the molecule is Oc1ccccc1/C=N/c1nc2c(O)cccc2s1. The molecule has 1 heterocycles. The lowest BCUT2D eigenvalue weighted by atomic mass is 10.2. The molecule has 0 fully saturated rings. The third-order valence-corrected chi connectivity index (χ3v) is 3.57. The molecule has 0 bridgehead atoms. The number of aromatic nitrogens is 1. The average molecular weight is 270 g/mol. The van der Waals surface area contributed by atoms with Crippen molar-refractivity contribution in [1.82, 2.24) is 4.98 Å². The highest BCUT2D eigenvalue weighted by Crippen LogP contribution is 2.32. The normalized spacial score (nSPS) is 11.4.